The lowest BCUT2D eigenvalue weighted by Crippen LogP contribution is -2.35. The van der Waals surface area contributed by atoms with Gasteiger partial charge >= 0.3 is 5.97 Å². The number of allylic oxidation sites excluding steroid dienone is 1. The molecule has 0 unspecified atom stereocenters. The van der Waals surface area contributed by atoms with Crippen molar-refractivity contribution >= 4 is 5.97 Å². The molecule has 16 heavy (non-hydrogen) atoms. The van der Waals surface area contributed by atoms with Gasteiger partial charge in [-0.2, -0.15) is 0 Å². The topological polar surface area (TPSA) is 66.8 Å². The lowest BCUT2D eigenvalue weighted by atomic mass is 9.88. The molecule has 0 aliphatic carbocycles. The van der Waals surface area contributed by atoms with Gasteiger partial charge in [-0.3, -0.25) is 0 Å². The first-order chi connectivity index (χ1) is 7.42. The van der Waals surface area contributed by atoms with E-state index in [0.29, 0.717) is 12.0 Å². The second-order valence-electron chi connectivity index (χ2n) is 4.37. The smallest absolute Gasteiger partial charge is 0.333 e. The summed E-state index contributed by atoms with van der Waals surface area (Å²) in [6.07, 6.45) is 0.557. The molecule has 0 heterocycles. The summed E-state index contributed by atoms with van der Waals surface area (Å²) >= 11 is 0. The number of ether oxygens (including phenoxy) is 1. The molecule has 0 aromatic heterocycles. The molecule has 0 aromatic carbocycles. The second kappa shape index (κ2) is 6.66. The Hall–Kier alpha value is -0.870. The maximum Gasteiger partial charge on any atom is 0.333 e. The number of hydrogen-bond acceptors (Lipinski definition) is 4. The third kappa shape index (κ3) is 3.94. The second-order valence-corrected chi connectivity index (χ2v) is 4.37. The van der Waals surface area contributed by atoms with Gasteiger partial charge in [0, 0.05) is 5.57 Å². The Balaban J connectivity index is 4.44. The number of aliphatic hydroxyl groups is 2. The predicted octanol–water partition coefficient (Wildman–Crippen LogP) is 1.27. The zero-order valence-electron chi connectivity index (χ0n) is 10.5. The van der Waals surface area contributed by atoms with E-state index in [1.54, 1.807) is 6.92 Å². The highest BCUT2D eigenvalue weighted by molar-refractivity contribution is 5.88. The van der Waals surface area contributed by atoms with Crippen molar-refractivity contribution in [2.24, 2.45) is 5.41 Å². The highest BCUT2D eigenvalue weighted by Crippen LogP contribution is 2.21. The van der Waals surface area contributed by atoms with Gasteiger partial charge in [-0.1, -0.05) is 12.5 Å². The molecule has 0 fully saturated rings. The van der Waals surface area contributed by atoms with E-state index in [-0.39, 0.29) is 25.8 Å². The van der Waals surface area contributed by atoms with Gasteiger partial charge in [0.2, 0.25) is 0 Å². The first-order valence-corrected chi connectivity index (χ1v) is 5.45. The summed E-state index contributed by atoms with van der Waals surface area (Å²) in [7, 11) is 0. The van der Waals surface area contributed by atoms with Gasteiger partial charge in [-0.25, -0.2) is 4.79 Å². The van der Waals surface area contributed by atoms with E-state index >= 15 is 0 Å². The van der Waals surface area contributed by atoms with E-state index in [2.05, 4.69) is 0 Å². The molecule has 4 heteroatoms. The highest BCUT2D eigenvalue weighted by atomic mass is 16.5. The van der Waals surface area contributed by atoms with Gasteiger partial charge in [0.05, 0.1) is 18.6 Å². The van der Waals surface area contributed by atoms with E-state index in [1.807, 2.05) is 20.8 Å². The summed E-state index contributed by atoms with van der Waals surface area (Å²) in [5.41, 5.74) is 0.749. The molecule has 0 atom stereocenters. The normalized spacial score (nSPS) is 11.1. The average Bonchev–Trinajstić information content (AvgIpc) is 2.30. The molecule has 94 valence electrons. The number of carbonyl (C=O) groups is 1. The summed E-state index contributed by atoms with van der Waals surface area (Å²) in [6.45, 7) is 6.86. The first kappa shape index (κ1) is 15.1. The van der Waals surface area contributed by atoms with Gasteiger partial charge in [-0.15, -0.1) is 0 Å². The Kier molecular flexibility index (Phi) is 6.29. The number of aliphatic hydroxyl groups excluding tert-OH is 2. The van der Waals surface area contributed by atoms with Crippen LogP contribution in [0.4, 0.5) is 0 Å². The molecule has 0 radical (unpaired) electrons. The van der Waals surface area contributed by atoms with Crippen molar-refractivity contribution in [2.45, 2.75) is 34.1 Å². The number of esters is 1. The number of rotatable bonds is 6. The zero-order chi connectivity index (χ0) is 12.8. The van der Waals surface area contributed by atoms with Gasteiger partial charge in [0.15, 0.2) is 0 Å². The van der Waals surface area contributed by atoms with E-state index in [0.717, 1.165) is 5.57 Å². The van der Waals surface area contributed by atoms with Crippen molar-refractivity contribution in [1.82, 2.24) is 0 Å². The molecular formula is C12H22O4. The Morgan fingerprint density at radius 2 is 1.69 bits per heavy atom. The van der Waals surface area contributed by atoms with Crippen LogP contribution in [0, 0.1) is 5.41 Å². The van der Waals surface area contributed by atoms with Crippen molar-refractivity contribution in [3.05, 3.63) is 11.1 Å². The summed E-state index contributed by atoms with van der Waals surface area (Å²) in [6, 6.07) is 0. The molecule has 0 aliphatic rings. The van der Waals surface area contributed by atoms with Crippen LogP contribution in [0.25, 0.3) is 0 Å². The molecule has 0 spiro atoms. The molecule has 0 saturated carbocycles. The molecule has 0 aromatic rings. The van der Waals surface area contributed by atoms with Crippen LogP contribution in [0.5, 0.6) is 0 Å². The van der Waals surface area contributed by atoms with Gasteiger partial charge in [-0.05, 0) is 27.2 Å². The first-order valence-electron chi connectivity index (χ1n) is 5.45. The molecule has 4 nitrogen and oxygen atoms in total. The number of hydrogen-bond donors (Lipinski definition) is 2. The Bertz CT molecular complexity index is 252. The van der Waals surface area contributed by atoms with Crippen molar-refractivity contribution < 1.29 is 19.7 Å². The molecule has 0 rings (SSSR count). The van der Waals surface area contributed by atoms with Gasteiger partial charge < -0.3 is 14.9 Å². The maximum absolute atomic E-state index is 11.5. The van der Waals surface area contributed by atoms with Crippen LogP contribution in [-0.2, 0) is 9.53 Å². The van der Waals surface area contributed by atoms with Gasteiger partial charge in [0.1, 0.15) is 6.61 Å². The minimum atomic E-state index is -0.725. The van der Waals surface area contributed by atoms with E-state index < -0.39 is 5.41 Å². The quantitative estimate of drug-likeness (QED) is 0.532. The van der Waals surface area contributed by atoms with Crippen LogP contribution >= 0.6 is 0 Å². The largest absolute Gasteiger partial charge is 0.462 e. The highest BCUT2D eigenvalue weighted by Gasteiger charge is 2.28. The minimum Gasteiger partial charge on any atom is -0.462 e. The van der Waals surface area contributed by atoms with Crippen LogP contribution in [0.2, 0.25) is 0 Å². The fourth-order valence-corrected chi connectivity index (χ4v) is 0.998. The third-order valence-corrected chi connectivity index (χ3v) is 2.99. The fourth-order valence-electron chi connectivity index (χ4n) is 0.998. The molecule has 0 amide bonds. The summed E-state index contributed by atoms with van der Waals surface area (Å²) in [5, 5.41) is 18.3. The van der Waals surface area contributed by atoms with E-state index in [9.17, 15) is 15.0 Å². The fraction of sp³-hybridized carbons (Fsp3) is 0.750. The lowest BCUT2D eigenvalue weighted by molar-refractivity contribution is -0.145. The monoisotopic (exact) mass is 230 g/mol. The van der Waals surface area contributed by atoms with Crippen LogP contribution in [-0.4, -0.2) is 36.0 Å². The lowest BCUT2D eigenvalue weighted by Gasteiger charge is -2.27. The minimum absolute atomic E-state index is 0.0416. The molecule has 0 saturated heterocycles. The van der Waals surface area contributed by atoms with Crippen molar-refractivity contribution in [3.63, 3.8) is 0 Å². The van der Waals surface area contributed by atoms with Crippen LogP contribution in [0.1, 0.15) is 34.1 Å². The van der Waals surface area contributed by atoms with Crippen LogP contribution < -0.4 is 0 Å². The van der Waals surface area contributed by atoms with Gasteiger partial charge in [0.25, 0.3) is 0 Å². The Morgan fingerprint density at radius 3 is 2.00 bits per heavy atom. The molecular weight excluding hydrogens is 208 g/mol. The predicted molar refractivity (Wildman–Crippen MR) is 61.9 cm³/mol. The summed E-state index contributed by atoms with van der Waals surface area (Å²) < 4.78 is 5.09. The van der Waals surface area contributed by atoms with Crippen LogP contribution in [0.3, 0.4) is 0 Å². The van der Waals surface area contributed by atoms with Crippen molar-refractivity contribution in [1.29, 1.82) is 0 Å². The molecule has 0 aliphatic heterocycles. The standard InChI is InChI=1S/C12H22O4/c1-5-12(6-13,7-14)8-16-11(15)10(4)9(2)3/h13-14H,5-8H2,1-4H3. The maximum atomic E-state index is 11.5. The Morgan fingerprint density at radius 1 is 1.19 bits per heavy atom. The van der Waals surface area contributed by atoms with Crippen molar-refractivity contribution in [2.75, 3.05) is 19.8 Å². The van der Waals surface area contributed by atoms with E-state index in [1.165, 1.54) is 0 Å². The average molecular weight is 230 g/mol. The third-order valence-electron chi connectivity index (χ3n) is 2.99. The van der Waals surface area contributed by atoms with Crippen LogP contribution in [0.15, 0.2) is 11.1 Å². The SMILES string of the molecule is CCC(CO)(CO)COC(=O)C(C)=C(C)C. The zero-order valence-corrected chi connectivity index (χ0v) is 10.5. The number of carbonyl (C=O) groups excluding carboxylic acids is 1. The molecule has 0 bridgehead atoms. The Labute approximate surface area is 96.9 Å². The molecule has 2 N–H and O–H groups in total. The van der Waals surface area contributed by atoms with E-state index in [4.69, 9.17) is 4.74 Å². The summed E-state index contributed by atoms with van der Waals surface area (Å²) in [4.78, 5) is 11.5. The summed E-state index contributed by atoms with van der Waals surface area (Å²) in [5.74, 6) is -0.389. The van der Waals surface area contributed by atoms with Crippen molar-refractivity contribution in [3.8, 4) is 0 Å².